The number of aryl methyl sites for hydroxylation is 1. The van der Waals surface area contributed by atoms with Crippen molar-refractivity contribution in [2.45, 2.75) is 46.2 Å². The Hall–Kier alpha value is -2.60. The monoisotopic (exact) mass is 398 g/mol. The van der Waals surface area contributed by atoms with Crippen LogP contribution in [0.3, 0.4) is 0 Å². The van der Waals surface area contributed by atoms with E-state index < -0.39 is 0 Å². The normalized spacial score (nSPS) is 13.8. The van der Waals surface area contributed by atoms with Crippen LogP contribution in [-0.4, -0.2) is 32.1 Å². The van der Waals surface area contributed by atoms with Crippen LogP contribution in [0.25, 0.3) is 11.6 Å². The summed E-state index contributed by atoms with van der Waals surface area (Å²) >= 11 is 6.05. The molecule has 1 amide bonds. The second kappa shape index (κ2) is 7.43. The maximum absolute atomic E-state index is 12.9. The molecule has 0 aliphatic carbocycles. The largest absolute Gasteiger partial charge is 0.440 e. The second-order valence-corrected chi connectivity index (χ2v) is 7.90. The van der Waals surface area contributed by atoms with Crippen molar-refractivity contribution in [1.29, 1.82) is 0 Å². The minimum absolute atomic E-state index is 0.0831. The van der Waals surface area contributed by atoms with Gasteiger partial charge in [0.15, 0.2) is 5.69 Å². The molecule has 28 heavy (non-hydrogen) atoms. The van der Waals surface area contributed by atoms with Gasteiger partial charge in [0, 0.05) is 41.8 Å². The summed E-state index contributed by atoms with van der Waals surface area (Å²) in [4.78, 5) is 19.1. The van der Waals surface area contributed by atoms with Crippen molar-refractivity contribution in [1.82, 2.24) is 19.7 Å². The molecule has 0 spiro atoms. The van der Waals surface area contributed by atoms with Crippen LogP contribution in [0.2, 0.25) is 5.02 Å². The van der Waals surface area contributed by atoms with Gasteiger partial charge >= 0.3 is 0 Å². The van der Waals surface area contributed by atoms with E-state index in [0.717, 1.165) is 34.7 Å². The quantitative estimate of drug-likeness (QED) is 0.660. The first kappa shape index (κ1) is 18.7. The summed E-state index contributed by atoms with van der Waals surface area (Å²) in [6.07, 6.45) is 2.80. The van der Waals surface area contributed by atoms with Crippen LogP contribution < -0.4 is 0 Å². The van der Waals surface area contributed by atoms with E-state index in [2.05, 4.69) is 18.8 Å². The Kier molecular flexibility index (Phi) is 4.98. The third kappa shape index (κ3) is 3.56. The topological polar surface area (TPSA) is 64.2 Å². The average Bonchev–Trinajstić information content (AvgIpc) is 3.24. The Morgan fingerprint density at radius 3 is 2.86 bits per heavy atom. The third-order valence-corrected chi connectivity index (χ3v) is 5.23. The molecule has 4 rings (SSSR count). The lowest BCUT2D eigenvalue weighted by Gasteiger charge is -2.28. The number of benzene rings is 1. The number of carbonyl (C=O) groups excluding carboxylic acids is 1. The van der Waals surface area contributed by atoms with Gasteiger partial charge in [-0.3, -0.25) is 9.48 Å². The minimum Gasteiger partial charge on any atom is -0.440 e. The first-order valence-corrected chi connectivity index (χ1v) is 9.85. The van der Waals surface area contributed by atoms with Crippen molar-refractivity contribution in [2.75, 3.05) is 6.54 Å². The lowest BCUT2D eigenvalue weighted by Crippen LogP contribution is -2.37. The summed E-state index contributed by atoms with van der Waals surface area (Å²) in [7, 11) is 0. The molecule has 0 saturated heterocycles. The molecule has 1 aliphatic heterocycles. The smallest absolute Gasteiger partial charge is 0.247 e. The summed E-state index contributed by atoms with van der Waals surface area (Å²) in [6, 6.07) is 7.68. The number of amides is 1. The second-order valence-electron chi connectivity index (χ2n) is 7.46. The standard InChI is InChI=1S/C21H23ClN4O2/c1-13(2)26-18-7-8-25(19(27)10-15-5-4-6-16(22)9-15)12-17(18)20(24-26)21-23-11-14(3)28-21/h4-6,9,11,13H,7-8,10,12H2,1-3H3. The molecule has 1 aromatic carbocycles. The minimum atomic E-state index is 0.0831. The van der Waals surface area contributed by atoms with Gasteiger partial charge in [-0.05, 0) is 38.5 Å². The van der Waals surface area contributed by atoms with Gasteiger partial charge in [0.25, 0.3) is 0 Å². The highest BCUT2D eigenvalue weighted by atomic mass is 35.5. The first-order valence-electron chi connectivity index (χ1n) is 9.47. The Labute approximate surface area is 169 Å². The van der Waals surface area contributed by atoms with Gasteiger partial charge in [-0.25, -0.2) is 4.98 Å². The first-order chi connectivity index (χ1) is 13.4. The Balaban J connectivity index is 1.62. The predicted molar refractivity (Wildman–Crippen MR) is 107 cm³/mol. The van der Waals surface area contributed by atoms with Crippen LogP contribution in [0, 0.1) is 6.92 Å². The van der Waals surface area contributed by atoms with Gasteiger partial charge < -0.3 is 9.32 Å². The van der Waals surface area contributed by atoms with E-state index in [1.54, 1.807) is 6.20 Å². The van der Waals surface area contributed by atoms with E-state index >= 15 is 0 Å². The summed E-state index contributed by atoms with van der Waals surface area (Å²) in [6.45, 7) is 7.26. The molecule has 0 saturated carbocycles. The van der Waals surface area contributed by atoms with E-state index in [4.69, 9.17) is 21.1 Å². The summed E-state index contributed by atoms with van der Waals surface area (Å²) in [5, 5.41) is 5.41. The van der Waals surface area contributed by atoms with Crippen molar-refractivity contribution >= 4 is 17.5 Å². The van der Waals surface area contributed by atoms with Gasteiger partial charge in [0.05, 0.1) is 12.6 Å². The van der Waals surface area contributed by atoms with E-state index in [0.29, 0.717) is 30.4 Å². The van der Waals surface area contributed by atoms with Crippen molar-refractivity contribution in [3.63, 3.8) is 0 Å². The van der Waals surface area contributed by atoms with Crippen LogP contribution in [0.15, 0.2) is 34.9 Å². The van der Waals surface area contributed by atoms with Crippen molar-refractivity contribution < 1.29 is 9.21 Å². The van der Waals surface area contributed by atoms with Crippen LogP contribution in [0.5, 0.6) is 0 Å². The highest BCUT2D eigenvalue weighted by Gasteiger charge is 2.30. The molecule has 6 nitrogen and oxygen atoms in total. The molecule has 2 aromatic heterocycles. The third-order valence-electron chi connectivity index (χ3n) is 5.00. The maximum Gasteiger partial charge on any atom is 0.247 e. The van der Waals surface area contributed by atoms with Gasteiger partial charge in [0.2, 0.25) is 11.8 Å². The van der Waals surface area contributed by atoms with Crippen molar-refractivity contribution in [3.8, 4) is 11.6 Å². The number of carbonyl (C=O) groups is 1. The Bertz CT molecular complexity index is 1020. The molecular weight excluding hydrogens is 376 g/mol. The summed E-state index contributed by atoms with van der Waals surface area (Å²) < 4.78 is 7.76. The summed E-state index contributed by atoms with van der Waals surface area (Å²) in [5.74, 6) is 1.34. The molecular formula is C21H23ClN4O2. The van der Waals surface area contributed by atoms with Crippen LogP contribution in [-0.2, 0) is 24.2 Å². The molecule has 3 aromatic rings. The molecule has 7 heteroatoms. The SMILES string of the molecule is Cc1cnc(-c2nn(C(C)C)c3c2CN(C(=O)Cc2cccc(Cl)c2)CC3)o1. The molecule has 146 valence electrons. The predicted octanol–water partition coefficient (Wildman–Crippen LogP) is 4.21. The van der Waals surface area contributed by atoms with Crippen LogP contribution in [0.4, 0.5) is 0 Å². The van der Waals surface area contributed by atoms with Crippen molar-refractivity contribution in [2.24, 2.45) is 0 Å². The molecule has 1 aliphatic rings. The molecule has 0 radical (unpaired) electrons. The molecule has 3 heterocycles. The number of nitrogens with zero attached hydrogens (tertiary/aromatic N) is 4. The van der Waals surface area contributed by atoms with E-state index in [-0.39, 0.29) is 11.9 Å². The van der Waals surface area contributed by atoms with E-state index in [1.165, 1.54) is 0 Å². The molecule has 0 fully saturated rings. The van der Waals surface area contributed by atoms with Crippen molar-refractivity contribution in [3.05, 3.63) is 58.1 Å². The summed E-state index contributed by atoms with van der Waals surface area (Å²) in [5.41, 5.74) is 3.84. The fourth-order valence-electron chi connectivity index (χ4n) is 3.66. The van der Waals surface area contributed by atoms with Gasteiger partial charge in [-0.15, -0.1) is 0 Å². The number of hydrogen-bond donors (Lipinski definition) is 0. The van der Waals surface area contributed by atoms with Gasteiger partial charge in [-0.2, -0.15) is 5.10 Å². The van der Waals surface area contributed by atoms with Gasteiger partial charge in [0.1, 0.15) is 5.76 Å². The van der Waals surface area contributed by atoms with E-state index in [9.17, 15) is 4.79 Å². The molecule has 0 bridgehead atoms. The fourth-order valence-corrected chi connectivity index (χ4v) is 3.87. The number of hydrogen-bond acceptors (Lipinski definition) is 4. The maximum atomic E-state index is 12.9. The number of fused-ring (bicyclic) bond motifs is 1. The van der Waals surface area contributed by atoms with Crippen LogP contribution in [0.1, 0.15) is 42.5 Å². The zero-order valence-corrected chi connectivity index (χ0v) is 17.0. The van der Waals surface area contributed by atoms with E-state index in [1.807, 2.05) is 40.8 Å². The Morgan fingerprint density at radius 2 is 2.18 bits per heavy atom. The van der Waals surface area contributed by atoms with Gasteiger partial charge in [-0.1, -0.05) is 23.7 Å². The lowest BCUT2D eigenvalue weighted by atomic mass is 10.0. The fraction of sp³-hybridized carbons (Fsp3) is 0.381. The molecule has 0 atom stereocenters. The highest BCUT2D eigenvalue weighted by Crippen LogP contribution is 2.31. The Morgan fingerprint density at radius 1 is 1.36 bits per heavy atom. The number of aromatic nitrogens is 3. The number of halogens is 1. The molecule has 0 unspecified atom stereocenters. The lowest BCUT2D eigenvalue weighted by molar-refractivity contribution is -0.131. The molecule has 0 N–H and O–H groups in total. The zero-order valence-electron chi connectivity index (χ0n) is 16.3. The number of rotatable bonds is 4. The average molecular weight is 399 g/mol. The zero-order chi connectivity index (χ0) is 19.8. The van der Waals surface area contributed by atoms with Crippen LogP contribution >= 0.6 is 11.6 Å². The highest BCUT2D eigenvalue weighted by molar-refractivity contribution is 6.30. The number of oxazole rings is 1.